The number of amides is 1. The molecule has 1 amide bonds. The van der Waals surface area contributed by atoms with Crippen molar-refractivity contribution < 1.29 is 4.79 Å². The van der Waals surface area contributed by atoms with Crippen molar-refractivity contribution in [3.8, 4) is 0 Å². The minimum absolute atomic E-state index is 0.0121. The van der Waals surface area contributed by atoms with Crippen molar-refractivity contribution in [3.63, 3.8) is 0 Å². The van der Waals surface area contributed by atoms with Crippen LogP contribution in [0.1, 0.15) is 53.5 Å². The van der Waals surface area contributed by atoms with E-state index in [2.05, 4.69) is 34.4 Å². The summed E-state index contributed by atoms with van der Waals surface area (Å²) < 4.78 is 1.90. The Balaban J connectivity index is 1.60. The molecule has 0 radical (unpaired) electrons. The van der Waals surface area contributed by atoms with E-state index in [0.29, 0.717) is 0 Å². The van der Waals surface area contributed by atoms with Gasteiger partial charge in [-0.15, -0.1) is 0 Å². The highest BCUT2D eigenvalue weighted by atomic mass is 16.1. The summed E-state index contributed by atoms with van der Waals surface area (Å²) >= 11 is 0. The minimum Gasteiger partial charge on any atom is -0.372 e. The van der Waals surface area contributed by atoms with Crippen molar-refractivity contribution in [2.45, 2.75) is 52.5 Å². The van der Waals surface area contributed by atoms with Crippen molar-refractivity contribution in [2.24, 2.45) is 7.05 Å². The molecule has 26 heavy (non-hydrogen) atoms. The Hall–Kier alpha value is -2.30. The molecule has 2 aromatic rings. The Bertz CT molecular complexity index is 757. The molecule has 1 N–H and O–H groups in total. The van der Waals surface area contributed by atoms with E-state index >= 15 is 0 Å². The fourth-order valence-electron chi connectivity index (χ4n) is 3.75. The number of nitrogens with zero attached hydrogens (tertiary/aromatic N) is 3. The van der Waals surface area contributed by atoms with Gasteiger partial charge < -0.3 is 10.2 Å². The number of aromatic nitrogens is 2. The van der Waals surface area contributed by atoms with E-state index in [1.54, 1.807) is 0 Å². The predicted molar refractivity (Wildman–Crippen MR) is 106 cm³/mol. The van der Waals surface area contributed by atoms with E-state index in [1.807, 2.05) is 37.7 Å². The molecule has 1 fully saturated rings. The molecule has 1 unspecified atom stereocenters. The van der Waals surface area contributed by atoms with Crippen LogP contribution in [-0.2, 0) is 13.5 Å². The van der Waals surface area contributed by atoms with Gasteiger partial charge in [0.1, 0.15) is 0 Å². The molecule has 0 spiro atoms. The average molecular weight is 354 g/mol. The lowest BCUT2D eigenvalue weighted by Gasteiger charge is -2.28. The number of carbonyl (C=O) groups excluding carboxylic acids is 1. The molecule has 5 heteroatoms. The number of carbonyl (C=O) groups is 1. The molecular formula is C21H30N4O. The van der Waals surface area contributed by atoms with Crippen molar-refractivity contribution in [3.05, 3.63) is 46.8 Å². The van der Waals surface area contributed by atoms with Gasteiger partial charge in [-0.25, -0.2) is 0 Å². The molecule has 2 heterocycles. The highest BCUT2D eigenvalue weighted by Crippen LogP contribution is 2.20. The van der Waals surface area contributed by atoms with Crippen molar-refractivity contribution in [2.75, 3.05) is 18.0 Å². The van der Waals surface area contributed by atoms with Gasteiger partial charge in [-0.3, -0.25) is 9.48 Å². The van der Waals surface area contributed by atoms with Crippen molar-refractivity contribution >= 4 is 11.6 Å². The maximum Gasteiger partial charge on any atom is 0.251 e. The van der Waals surface area contributed by atoms with Gasteiger partial charge in [-0.2, -0.15) is 5.10 Å². The number of nitrogens with one attached hydrogen (secondary N) is 1. The van der Waals surface area contributed by atoms with E-state index in [9.17, 15) is 4.79 Å². The lowest BCUT2D eigenvalue weighted by Crippen LogP contribution is -2.34. The fraction of sp³-hybridized carbons (Fsp3) is 0.524. The van der Waals surface area contributed by atoms with Gasteiger partial charge >= 0.3 is 0 Å². The molecule has 0 bridgehead atoms. The number of hydrogen-bond acceptors (Lipinski definition) is 3. The smallest absolute Gasteiger partial charge is 0.251 e. The van der Waals surface area contributed by atoms with Crippen LogP contribution in [0, 0.1) is 13.8 Å². The number of anilines is 1. The molecule has 3 rings (SSSR count). The molecule has 1 aromatic carbocycles. The third kappa shape index (κ3) is 4.09. The van der Waals surface area contributed by atoms with Crippen LogP contribution in [-0.4, -0.2) is 34.8 Å². The van der Waals surface area contributed by atoms with Crippen molar-refractivity contribution in [1.29, 1.82) is 0 Å². The minimum atomic E-state index is -0.0121. The van der Waals surface area contributed by atoms with Crippen molar-refractivity contribution in [1.82, 2.24) is 15.1 Å². The summed E-state index contributed by atoms with van der Waals surface area (Å²) in [4.78, 5) is 15.0. The van der Waals surface area contributed by atoms with E-state index in [4.69, 9.17) is 0 Å². The molecule has 1 atom stereocenters. The Morgan fingerprint density at radius 2 is 1.81 bits per heavy atom. The summed E-state index contributed by atoms with van der Waals surface area (Å²) in [6.45, 7) is 8.38. The zero-order valence-electron chi connectivity index (χ0n) is 16.4. The summed E-state index contributed by atoms with van der Waals surface area (Å²) in [6.07, 6.45) is 4.63. The summed E-state index contributed by atoms with van der Waals surface area (Å²) in [5, 5.41) is 7.57. The zero-order valence-corrected chi connectivity index (χ0v) is 16.4. The quantitative estimate of drug-likeness (QED) is 0.895. The van der Waals surface area contributed by atoms with Crippen LogP contribution < -0.4 is 10.2 Å². The molecule has 140 valence electrons. The van der Waals surface area contributed by atoms with Gasteiger partial charge in [-0.1, -0.05) is 0 Å². The molecule has 1 aliphatic heterocycles. The third-order valence-electron chi connectivity index (χ3n) is 5.40. The van der Waals surface area contributed by atoms with Crippen LogP contribution in [0.4, 0.5) is 5.69 Å². The number of hydrogen-bond donors (Lipinski definition) is 1. The molecule has 5 nitrogen and oxygen atoms in total. The Morgan fingerprint density at radius 1 is 1.15 bits per heavy atom. The number of piperidine rings is 1. The van der Waals surface area contributed by atoms with Crippen LogP contribution in [0.2, 0.25) is 0 Å². The lowest BCUT2D eigenvalue weighted by molar-refractivity contribution is 0.0940. The number of rotatable bonds is 5. The van der Waals surface area contributed by atoms with E-state index < -0.39 is 0 Å². The van der Waals surface area contributed by atoms with Gasteiger partial charge in [-0.05, 0) is 76.3 Å². The second-order valence-corrected chi connectivity index (χ2v) is 7.45. The molecule has 1 saturated heterocycles. The highest BCUT2D eigenvalue weighted by molar-refractivity contribution is 5.94. The van der Waals surface area contributed by atoms with Gasteiger partial charge in [0, 0.05) is 43.1 Å². The Kier molecular flexibility index (Phi) is 5.64. The first-order chi connectivity index (χ1) is 12.5. The molecule has 0 aliphatic carbocycles. The van der Waals surface area contributed by atoms with Gasteiger partial charge in [0.05, 0.1) is 5.69 Å². The summed E-state index contributed by atoms with van der Waals surface area (Å²) in [6, 6.07) is 8.07. The predicted octanol–water partition coefficient (Wildman–Crippen LogP) is 3.39. The molecule has 0 saturated carbocycles. The third-order valence-corrected chi connectivity index (χ3v) is 5.40. The highest BCUT2D eigenvalue weighted by Gasteiger charge is 2.16. The first-order valence-electron chi connectivity index (χ1n) is 9.60. The maximum atomic E-state index is 12.6. The first-order valence-corrected chi connectivity index (χ1v) is 9.60. The molecular weight excluding hydrogens is 324 g/mol. The monoisotopic (exact) mass is 354 g/mol. The average Bonchev–Trinajstić information content (AvgIpc) is 2.88. The first kappa shape index (κ1) is 18.5. The van der Waals surface area contributed by atoms with Crippen LogP contribution in [0.15, 0.2) is 24.3 Å². The summed E-state index contributed by atoms with van der Waals surface area (Å²) in [5.74, 6) is -0.0121. The SMILES string of the molecule is Cc1nn(C)c(C)c1CC(C)NC(=O)c1ccc(N2CCCCC2)cc1. The maximum absolute atomic E-state index is 12.6. The topological polar surface area (TPSA) is 50.2 Å². The molecule has 1 aromatic heterocycles. The standard InChI is InChI=1S/C21H30N4O/c1-15(14-20-16(2)23-24(4)17(20)3)22-21(26)18-8-10-19(11-9-18)25-12-6-5-7-13-25/h8-11,15H,5-7,12-14H2,1-4H3,(H,22,26). The lowest BCUT2D eigenvalue weighted by atomic mass is 10.0. The van der Waals surface area contributed by atoms with Crippen LogP contribution in [0.25, 0.3) is 0 Å². The largest absolute Gasteiger partial charge is 0.372 e. The van der Waals surface area contributed by atoms with E-state index in [-0.39, 0.29) is 11.9 Å². The molecule has 1 aliphatic rings. The Morgan fingerprint density at radius 3 is 2.38 bits per heavy atom. The van der Waals surface area contributed by atoms with E-state index in [0.717, 1.165) is 36.5 Å². The number of benzene rings is 1. The van der Waals surface area contributed by atoms with Gasteiger partial charge in [0.15, 0.2) is 0 Å². The second-order valence-electron chi connectivity index (χ2n) is 7.45. The fourth-order valence-corrected chi connectivity index (χ4v) is 3.75. The summed E-state index contributed by atoms with van der Waals surface area (Å²) in [5.41, 5.74) is 5.36. The normalized spacial score (nSPS) is 15.8. The van der Waals surface area contributed by atoms with Gasteiger partial charge in [0.25, 0.3) is 5.91 Å². The van der Waals surface area contributed by atoms with Crippen LogP contribution in [0.5, 0.6) is 0 Å². The number of aryl methyl sites for hydroxylation is 2. The van der Waals surface area contributed by atoms with E-state index in [1.165, 1.54) is 30.5 Å². The Labute approximate surface area is 156 Å². The zero-order chi connectivity index (χ0) is 18.7. The van der Waals surface area contributed by atoms with Crippen LogP contribution in [0.3, 0.4) is 0 Å². The van der Waals surface area contributed by atoms with Gasteiger partial charge in [0.2, 0.25) is 0 Å². The second kappa shape index (κ2) is 7.94. The summed E-state index contributed by atoms with van der Waals surface area (Å²) in [7, 11) is 1.96. The van der Waals surface area contributed by atoms with Crippen LogP contribution >= 0.6 is 0 Å².